The fourth-order valence-electron chi connectivity index (χ4n) is 2.68. The maximum absolute atomic E-state index is 12.3. The van der Waals surface area contributed by atoms with Crippen LogP contribution in [-0.2, 0) is 9.59 Å². The molecule has 1 aliphatic heterocycles. The van der Waals surface area contributed by atoms with Crippen molar-refractivity contribution in [3.8, 4) is 0 Å². The van der Waals surface area contributed by atoms with Gasteiger partial charge in [0.05, 0.1) is 12.5 Å². The van der Waals surface area contributed by atoms with Crippen molar-refractivity contribution in [1.82, 2.24) is 9.80 Å². The minimum Gasteiger partial charge on any atom is -0.481 e. The highest BCUT2D eigenvalue weighted by atomic mass is 16.4. The number of hydrogen-bond acceptors (Lipinski definition) is 3. The van der Waals surface area contributed by atoms with Crippen LogP contribution in [-0.4, -0.2) is 58.5 Å². The Hall–Kier alpha value is -1.10. The fourth-order valence-corrected chi connectivity index (χ4v) is 2.68. The van der Waals surface area contributed by atoms with Crippen LogP contribution in [0.5, 0.6) is 0 Å². The zero-order valence-electron chi connectivity index (χ0n) is 11.6. The summed E-state index contributed by atoms with van der Waals surface area (Å²) >= 11 is 0. The Morgan fingerprint density at radius 2 is 1.83 bits per heavy atom. The molecule has 0 aromatic heterocycles. The van der Waals surface area contributed by atoms with Gasteiger partial charge in [-0.05, 0) is 33.2 Å². The zero-order chi connectivity index (χ0) is 13.7. The Morgan fingerprint density at radius 3 is 2.28 bits per heavy atom. The number of carboxylic acid groups (broad SMARTS) is 1. The number of amides is 1. The number of rotatable bonds is 6. The van der Waals surface area contributed by atoms with Gasteiger partial charge in [-0.15, -0.1) is 0 Å². The van der Waals surface area contributed by atoms with Gasteiger partial charge in [-0.25, -0.2) is 0 Å². The van der Waals surface area contributed by atoms with E-state index >= 15 is 0 Å². The molecule has 0 radical (unpaired) electrons. The first-order valence-corrected chi connectivity index (χ1v) is 6.73. The monoisotopic (exact) mass is 256 g/mol. The summed E-state index contributed by atoms with van der Waals surface area (Å²) in [5, 5.41) is 8.84. The van der Waals surface area contributed by atoms with E-state index in [1.54, 1.807) is 0 Å². The predicted molar refractivity (Wildman–Crippen MR) is 69.4 cm³/mol. The lowest BCUT2D eigenvalue weighted by Crippen LogP contribution is -2.50. The Balaban J connectivity index is 2.62. The van der Waals surface area contributed by atoms with Gasteiger partial charge in [-0.2, -0.15) is 0 Å². The van der Waals surface area contributed by atoms with E-state index in [2.05, 4.69) is 0 Å². The van der Waals surface area contributed by atoms with Crippen molar-refractivity contribution >= 4 is 11.9 Å². The Kier molecular flexibility index (Phi) is 5.59. The standard InChI is InChI=1S/C13H24N2O3/c1-4-15(10(2)9-12(16)17)11(3)13(18)14-7-5-6-8-14/h10-11H,4-9H2,1-3H3,(H,16,17). The molecule has 0 aromatic carbocycles. The molecule has 1 aliphatic rings. The number of carboxylic acids is 1. The Morgan fingerprint density at radius 1 is 1.28 bits per heavy atom. The number of carbonyl (C=O) groups is 2. The molecule has 1 saturated heterocycles. The van der Waals surface area contributed by atoms with Gasteiger partial charge in [0.1, 0.15) is 0 Å². The molecular weight excluding hydrogens is 232 g/mol. The molecule has 1 amide bonds. The van der Waals surface area contributed by atoms with Gasteiger partial charge in [0.25, 0.3) is 0 Å². The first kappa shape index (κ1) is 15.0. The van der Waals surface area contributed by atoms with E-state index in [1.165, 1.54) is 0 Å². The highest BCUT2D eigenvalue weighted by Gasteiger charge is 2.30. The number of likely N-dealkylation sites (tertiary alicyclic amines) is 1. The molecule has 5 nitrogen and oxygen atoms in total. The molecule has 5 heteroatoms. The van der Waals surface area contributed by atoms with E-state index < -0.39 is 5.97 Å². The van der Waals surface area contributed by atoms with E-state index in [1.807, 2.05) is 30.6 Å². The molecule has 0 aliphatic carbocycles. The number of nitrogens with zero attached hydrogens (tertiary/aromatic N) is 2. The molecule has 0 saturated carbocycles. The molecule has 2 atom stereocenters. The van der Waals surface area contributed by atoms with Crippen LogP contribution < -0.4 is 0 Å². The van der Waals surface area contributed by atoms with Gasteiger partial charge in [-0.1, -0.05) is 6.92 Å². The predicted octanol–water partition coefficient (Wildman–Crippen LogP) is 1.18. The van der Waals surface area contributed by atoms with Crippen LogP contribution in [0.15, 0.2) is 0 Å². The smallest absolute Gasteiger partial charge is 0.304 e. The second-order valence-electron chi connectivity index (χ2n) is 4.99. The molecule has 2 unspecified atom stereocenters. The van der Waals surface area contributed by atoms with Gasteiger partial charge in [-0.3, -0.25) is 14.5 Å². The van der Waals surface area contributed by atoms with Crippen LogP contribution in [0.3, 0.4) is 0 Å². The van der Waals surface area contributed by atoms with Crippen LogP contribution in [0.4, 0.5) is 0 Å². The summed E-state index contributed by atoms with van der Waals surface area (Å²) in [6.07, 6.45) is 2.23. The van der Waals surface area contributed by atoms with Gasteiger partial charge < -0.3 is 10.0 Å². The minimum atomic E-state index is -0.818. The molecule has 18 heavy (non-hydrogen) atoms. The normalized spacial score (nSPS) is 19.0. The van der Waals surface area contributed by atoms with E-state index in [4.69, 9.17) is 5.11 Å². The van der Waals surface area contributed by atoms with E-state index in [0.717, 1.165) is 25.9 Å². The highest BCUT2D eigenvalue weighted by molar-refractivity contribution is 5.81. The van der Waals surface area contributed by atoms with Gasteiger partial charge in [0.2, 0.25) is 5.91 Å². The van der Waals surface area contributed by atoms with Crippen molar-refractivity contribution in [3.05, 3.63) is 0 Å². The number of aliphatic carboxylic acids is 1. The number of hydrogen-bond donors (Lipinski definition) is 1. The first-order valence-electron chi connectivity index (χ1n) is 6.73. The summed E-state index contributed by atoms with van der Waals surface area (Å²) in [5.74, 6) is -0.687. The first-order chi connectivity index (χ1) is 8.47. The topological polar surface area (TPSA) is 60.9 Å². The average Bonchev–Trinajstić information content (AvgIpc) is 2.81. The van der Waals surface area contributed by atoms with Crippen molar-refractivity contribution < 1.29 is 14.7 Å². The quantitative estimate of drug-likeness (QED) is 0.775. The second kappa shape index (κ2) is 6.73. The third kappa shape index (κ3) is 3.70. The summed E-state index contributed by atoms with van der Waals surface area (Å²) in [6, 6.07) is -0.350. The van der Waals surface area contributed by atoms with E-state index in [0.29, 0.717) is 6.54 Å². The average molecular weight is 256 g/mol. The number of likely N-dealkylation sites (N-methyl/N-ethyl adjacent to an activating group) is 1. The Labute approximate surface area is 109 Å². The van der Waals surface area contributed by atoms with Crippen LogP contribution in [0.2, 0.25) is 0 Å². The lowest BCUT2D eigenvalue weighted by molar-refractivity contribution is -0.141. The van der Waals surface area contributed by atoms with Crippen LogP contribution in [0, 0.1) is 0 Å². The largest absolute Gasteiger partial charge is 0.481 e. The summed E-state index contributed by atoms with van der Waals surface area (Å²) in [5.41, 5.74) is 0. The summed E-state index contributed by atoms with van der Waals surface area (Å²) in [7, 11) is 0. The molecule has 1 rings (SSSR count). The SMILES string of the molecule is CCN(C(C)CC(=O)O)C(C)C(=O)N1CCCC1. The zero-order valence-corrected chi connectivity index (χ0v) is 11.6. The molecule has 1 N–H and O–H groups in total. The van der Waals surface area contributed by atoms with Gasteiger partial charge in [0, 0.05) is 19.1 Å². The molecule has 1 fully saturated rings. The number of carbonyl (C=O) groups excluding carboxylic acids is 1. The van der Waals surface area contributed by atoms with Crippen LogP contribution in [0.1, 0.15) is 40.0 Å². The fraction of sp³-hybridized carbons (Fsp3) is 0.846. The van der Waals surface area contributed by atoms with Crippen LogP contribution in [0.25, 0.3) is 0 Å². The van der Waals surface area contributed by atoms with Gasteiger partial charge in [0.15, 0.2) is 0 Å². The third-order valence-corrected chi connectivity index (χ3v) is 3.67. The van der Waals surface area contributed by atoms with Gasteiger partial charge >= 0.3 is 5.97 Å². The van der Waals surface area contributed by atoms with Crippen molar-refractivity contribution in [2.24, 2.45) is 0 Å². The van der Waals surface area contributed by atoms with E-state index in [-0.39, 0.29) is 24.4 Å². The summed E-state index contributed by atoms with van der Waals surface area (Å²) in [6.45, 7) is 8.08. The van der Waals surface area contributed by atoms with Crippen molar-refractivity contribution in [3.63, 3.8) is 0 Å². The Bertz CT molecular complexity index is 301. The maximum Gasteiger partial charge on any atom is 0.304 e. The van der Waals surface area contributed by atoms with Crippen molar-refractivity contribution in [1.29, 1.82) is 0 Å². The molecule has 1 heterocycles. The molecule has 0 spiro atoms. The van der Waals surface area contributed by atoms with Crippen molar-refractivity contribution in [2.45, 2.75) is 52.1 Å². The minimum absolute atomic E-state index is 0.0749. The lowest BCUT2D eigenvalue weighted by atomic mass is 10.1. The van der Waals surface area contributed by atoms with Crippen molar-refractivity contribution in [2.75, 3.05) is 19.6 Å². The maximum atomic E-state index is 12.3. The molecule has 0 aromatic rings. The lowest BCUT2D eigenvalue weighted by Gasteiger charge is -2.34. The highest BCUT2D eigenvalue weighted by Crippen LogP contribution is 2.15. The molecule has 0 bridgehead atoms. The molecule has 104 valence electrons. The second-order valence-corrected chi connectivity index (χ2v) is 4.99. The summed E-state index contributed by atoms with van der Waals surface area (Å²) in [4.78, 5) is 26.9. The van der Waals surface area contributed by atoms with Crippen LogP contribution >= 0.6 is 0 Å². The third-order valence-electron chi connectivity index (χ3n) is 3.67. The summed E-state index contributed by atoms with van der Waals surface area (Å²) < 4.78 is 0. The molecular formula is C13H24N2O3. The van der Waals surface area contributed by atoms with E-state index in [9.17, 15) is 9.59 Å².